The minimum Gasteiger partial charge on any atom is -0.223 e. The van der Waals surface area contributed by atoms with Gasteiger partial charge < -0.3 is 0 Å². The number of sulfone groups is 1. The fourth-order valence-electron chi connectivity index (χ4n) is 1.73. The maximum atomic E-state index is 13.6. The molecule has 0 saturated carbocycles. The molecule has 2 aromatic carbocycles. The summed E-state index contributed by atoms with van der Waals surface area (Å²) in [5.41, 5.74) is -0.0163. The Balaban J connectivity index is 2.44. The number of nitriles is 1. The second kappa shape index (κ2) is 5.39. The summed E-state index contributed by atoms with van der Waals surface area (Å²) in [6, 6.07) is 10.1. The van der Waals surface area contributed by atoms with Crippen molar-refractivity contribution in [3.8, 4) is 6.07 Å². The highest BCUT2D eigenvalue weighted by atomic mass is 32.2. The van der Waals surface area contributed by atoms with Crippen LogP contribution in [-0.2, 0) is 15.6 Å². The van der Waals surface area contributed by atoms with Gasteiger partial charge >= 0.3 is 0 Å². The second-order valence-electron chi connectivity index (χ2n) is 4.11. The van der Waals surface area contributed by atoms with E-state index in [4.69, 9.17) is 5.26 Å². The highest BCUT2D eigenvalue weighted by Gasteiger charge is 2.21. The maximum Gasteiger partial charge on any atom is 0.185 e. The maximum absolute atomic E-state index is 13.6. The number of hydrogen-bond donors (Lipinski definition) is 0. The number of nitrogens with zero attached hydrogens (tertiary/aromatic N) is 1. The van der Waals surface area contributed by atoms with Gasteiger partial charge in [-0.1, -0.05) is 12.1 Å². The molecule has 0 unspecified atom stereocenters. The van der Waals surface area contributed by atoms with Crippen LogP contribution in [-0.4, -0.2) is 8.42 Å². The van der Waals surface area contributed by atoms with Gasteiger partial charge in [-0.3, -0.25) is 0 Å². The van der Waals surface area contributed by atoms with E-state index in [1.54, 1.807) is 6.07 Å². The first kappa shape index (κ1) is 14.2. The molecule has 0 heterocycles. The zero-order chi connectivity index (χ0) is 14.8. The van der Waals surface area contributed by atoms with Crippen LogP contribution in [0.3, 0.4) is 0 Å². The number of halogens is 2. The number of benzene rings is 2. The molecule has 3 nitrogen and oxygen atoms in total. The minimum absolute atomic E-state index is 0.144. The summed E-state index contributed by atoms with van der Waals surface area (Å²) in [7, 11) is -4.02. The molecule has 0 fully saturated rings. The van der Waals surface area contributed by atoms with Gasteiger partial charge in [0.25, 0.3) is 0 Å². The molecule has 0 aliphatic rings. The number of rotatable bonds is 3. The van der Waals surface area contributed by atoms with Crippen molar-refractivity contribution in [3.63, 3.8) is 0 Å². The van der Waals surface area contributed by atoms with Gasteiger partial charge in [0, 0.05) is 5.56 Å². The first-order chi connectivity index (χ1) is 9.44. The van der Waals surface area contributed by atoms with E-state index in [1.807, 2.05) is 0 Å². The Kier molecular flexibility index (Phi) is 3.81. The molecule has 0 aromatic heterocycles. The molecule has 0 bridgehead atoms. The van der Waals surface area contributed by atoms with E-state index < -0.39 is 32.1 Å². The molecule has 0 radical (unpaired) electrons. The predicted octanol–water partition coefficient (Wildman–Crippen LogP) is 2.81. The smallest absolute Gasteiger partial charge is 0.185 e. The fraction of sp³-hybridized carbons (Fsp3) is 0.0714. The van der Waals surface area contributed by atoms with E-state index in [-0.39, 0.29) is 11.1 Å². The Bertz CT molecular complexity index is 795. The summed E-state index contributed by atoms with van der Waals surface area (Å²) >= 11 is 0. The van der Waals surface area contributed by atoms with Gasteiger partial charge in [0.1, 0.15) is 16.5 Å². The van der Waals surface area contributed by atoms with Crippen LogP contribution >= 0.6 is 0 Å². The SMILES string of the molecule is N#Cc1ccc(F)c(CS(=O)(=O)c2ccccc2F)c1. The lowest BCUT2D eigenvalue weighted by molar-refractivity contribution is 0.563. The summed E-state index contributed by atoms with van der Waals surface area (Å²) in [4.78, 5) is -0.484. The van der Waals surface area contributed by atoms with Gasteiger partial charge in [0.05, 0.1) is 17.4 Å². The molecule has 2 rings (SSSR count). The van der Waals surface area contributed by atoms with Crippen LogP contribution in [0.15, 0.2) is 47.4 Å². The lowest BCUT2D eigenvalue weighted by Gasteiger charge is -2.07. The van der Waals surface area contributed by atoms with Gasteiger partial charge in [0.2, 0.25) is 0 Å². The Morgan fingerprint density at radius 3 is 2.40 bits per heavy atom. The van der Waals surface area contributed by atoms with Crippen LogP contribution in [0.2, 0.25) is 0 Å². The molecule has 0 aliphatic carbocycles. The Morgan fingerprint density at radius 2 is 1.75 bits per heavy atom. The summed E-state index contributed by atoms with van der Waals surface area (Å²) < 4.78 is 51.3. The topological polar surface area (TPSA) is 57.9 Å². The summed E-state index contributed by atoms with van der Waals surface area (Å²) in [6.45, 7) is 0. The zero-order valence-electron chi connectivity index (χ0n) is 10.2. The third-order valence-corrected chi connectivity index (χ3v) is 4.38. The van der Waals surface area contributed by atoms with Crippen molar-refractivity contribution in [2.24, 2.45) is 0 Å². The van der Waals surface area contributed by atoms with Crippen molar-refractivity contribution in [3.05, 3.63) is 65.2 Å². The molecule has 0 aliphatic heterocycles. The Morgan fingerprint density at radius 1 is 1.05 bits per heavy atom. The lowest BCUT2D eigenvalue weighted by Crippen LogP contribution is -2.08. The monoisotopic (exact) mass is 293 g/mol. The van der Waals surface area contributed by atoms with Crippen molar-refractivity contribution < 1.29 is 17.2 Å². The summed E-state index contributed by atoms with van der Waals surface area (Å²) in [6.07, 6.45) is 0. The van der Waals surface area contributed by atoms with E-state index in [0.29, 0.717) is 0 Å². The largest absolute Gasteiger partial charge is 0.223 e. The molecule has 0 saturated heterocycles. The van der Waals surface area contributed by atoms with E-state index in [0.717, 1.165) is 24.3 Å². The van der Waals surface area contributed by atoms with Gasteiger partial charge in [0.15, 0.2) is 9.84 Å². The zero-order valence-corrected chi connectivity index (χ0v) is 11.0. The van der Waals surface area contributed by atoms with Crippen molar-refractivity contribution in [1.82, 2.24) is 0 Å². The molecular weight excluding hydrogens is 284 g/mol. The van der Waals surface area contributed by atoms with E-state index in [1.165, 1.54) is 18.2 Å². The summed E-state index contributed by atoms with van der Waals surface area (Å²) in [5.74, 6) is -2.33. The van der Waals surface area contributed by atoms with Gasteiger partial charge in [-0.05, 0) is 30.3 Å². The molecule has 0 atom stereocenters. The highest BCUT2D eigenvalue weighted by Crippen LogP contribution is 2.21. The van der Waals surface area contributed by atoms with Crippen LogP contribution < -0.4 is 0 Å². The molecule has 2 aromatic rings. The van der Waals surface area contributed by atoms with Crippen molar-refractivity contribution in [1.29, 1.82) is 5.26 Å². The molecule has 20 heavy (non-hydrogen) atoms. The van der Waals surface area contributed by atoms with Crippen LogP contribution in [0, 0.1) is 23.0 Å². The van der Waals surface area contributed by atoms with Crippen molar-refractivity contribution in [2.45, 2.75) is 10.6 Å². The van der Waals surface area contributed by atoms with E-state index in [2.05, 4.69) is 0 Å². The van der Waals surface area contributed by atoms with Gasteiger partial charge in [-0.25, -0.2) is 17.2 Å². The first-order valence-electron chi connectivity index (χ1n) is 5.60. The normalized spacial score (nSPS) is 11.1. The van der Waals surface area contributed by atoms with Crippen molar-refractivity contribution >= 4 is 9.84 Å². The lowest BCUT2D eigenvalue weighted by atomic mass is 10.1. The van der Waals surface area contributed by atoms with Crippen LogP contribution in [0.4, 0.5) is 8.78 Å². The van der Waals surface area contributed by atoms with Crippen LogP contribution in [0.25, 0.3) is 0 Å². The third kappa shape index (κ3) is 2.83. The minimum atomic E-state index is -4.02. The second-order valence-corrected chi connectivity index (χ2v) is 6.07. The fourth-order valence-corrected chi connectivity index (χ4v) is 3.17. The van der Waals surface area contributed by atoms with Crippen LogP contribution in [0.1, 0.15) is 11.1 Å². The predicted molar refractivity (Wildman–Crippen MR) is 68.4 cm³/mol. The standard InChI is InChI=1S/C14H9F2NO2S/c15-12-6-5-10(8-17)7-11(12)9-20(18,19)14-4-2-1-3-13(14)16/h1-7H,9H2. The van der Waals surface area contributed by atoms with Gasteiger partial charge in [-0.15, -0.1) is 0 Å². The molecule has 0 spiro atoms. The first-order valence-corrected chi connectivity index (χ1v) is 7.25. The average molecular weight is 293 g/mol. The van der Waals surface area contributed by atoms with Crippen molar-refractivity contribution in [2.75, 3.05) is 0 Å². The highest BCUT2D eigenvalue weighted by molar-refractivity contribution is 7.90. The quantitative estimate of drug-likeness (QED) is 0.874. The third-order valence-electron chi connectivity index (χ3n) is 2.69. The molecular formula is C14H9F2NO2S. The van der Waals surface area contributed by atoms with Crippen LogP contribution in [0.5, 0.6) is 0 Å². The van der Waals surface area contributed by atoms with E-state index >= 15 is 0 Å². The van der Waals surface area contributed by atoms with E-state index in [9.17, 15) is 17.2 Å². The Labute approximate surface area is 115 Å². The average Bonchev–Trinajstić information content (AvgIpc) is 2.41. The van der Waals surface area contributed by atoms with Gasteiger partial charge in [-0.2, -0.15) is 5.26 Å². The molecule has 102 valence electrons. The Hall–Kier alpha value is -2.26. The molecule has 0 N–H and O–H groups in total. The molecule has 6 heteroatoms. The number of hydrogen-bond acceptors (Lipinski definition) is 3. The molecule has 0 amide bonds. The summed E-state index contributed by atoms with van der Waals surface area (Å²) in [5, 5.41) is 8.73.